The fraction of sp³-hybridized carbons (Fsp3) is 1.00. The highest BCUT2D eigenvalue weighted by molar-refractivity contribution is 4.88. The molecule has 106 valence electrons. The smallest absolute Gasteiger partial charge is 0.0123 e. The van der Waals surface area contributed by atoms with Crippen LogP contribution in [0.5, 0.6) is 0 Å². The van der Waals surface area contributed by atoms with Crippen molar-refractivity contribution >= 4 is 0 Å². The number of hydrogen-bond acceptors (Lipinski definition) is 2. The van der Waals surface area contributed by atoms with Crippen LogP contribution in [0.4, 0.5) is 0 Å². The van der Waals surface area contributed by atoms with Crippen molar-refractivity contribution in [3.63, 3.8) is 0 Å². The van der Waals surface area contributed by atoms with E-state index in [1.807, 2.05) is 0 Å². The van der Waals surface area contributed by atoms with Gasteiger partial charge in [0, 0.05) is 12.1 Å². The molecular weight excluding hydrogens is 220 g/mol. The van der Waals surface area contributed by atoms with Gasteiger partial charge in [0.1, 0.15) is 0 Å². The van der Waals surface area contributed by atoms with E-state index >= 15 is 0 Å². The molecular formula is C16H32N2. The lowest BCUT2D eigenvalue weighted by molar-refractivity contribution is 0.0580. The van der Waals surface area contributed by atoms with Gasteiger partial charge in [0.25, 0.3) is 0 Å². The highest BCUT2D eigenvalue weighted by Crippen LogP contribution is 2.33. The zero-order chi connectivity index (χ0) is 13.0. The Morgan fingerprint density at radius 2 is 1.78 bits per heavy atom. The molecule has 0 aromatic carbocycles. The van der Waals surface area contributed by atoms with Gasteiger partial charge in [-0.25, -0.2) is 0 Å². The molecule has 3 atom stereocenters. The molecule has 2 aliphatic rings. The summed E-state index contributed by atoms with van der Waals surface area (Å²) in [7, 11) is 0. The molecule has 2 nitrogen and oxygen atoms in total. The van der Waals surface area contributed by atoms with Gasteiger partial charge in [-0.05, 0) is 57.2 Å². The Morgan fingerprint density at radius 3 is 2.44 bits per heavy atom. The SMILES string of the molecule is CCCNC1CCN(C2CCCC(C)C2C)CC1. The normalized spacial score (nSPS) is 35.8. The molecule has 1 saturated heterocycles. The fourth-order valence-corrected chi connectivity index (χ4v) is 3.85. The Bertz CT molecular complexity index is 233. The van der Waals surface area contributed by atoms with E-state index < -0.39 is 0 Å². The number of nitrogens with zero attached hydrogens (tertiary/aromatic N) is 1. The molecule has 18 heavy (non-hydrogen) atoms. The maximum absolute atomic E-state index is 3.69. The highest BCUT2D eigenvalue weighted by atomic mass is 15.2. The number of nitrogens with one attached hydrogen (secondary N) is 1. The van der Waals surface area contributed by atoms with Crippen molar-refractivity contribution in [1.29, 1.82) is 0 Å². The van der Waals surface area contributed by atoms with Crippen LogP contribution in [0.1, 0.15) is 59.3 Å². The lowest BCUT2D eigenvalue weighted by atomic mass is 9.77. The molecule has 1 heterocycles. The summed E-state index contributed by atoms with van der Waals surface area (Å²) in [4.78, 5) is 2.80. The third kappa shape index (κ3) is 3.48. The van der Waals surface area contributed by atoms with Gasteiger partial charge >= 0.3 is 0 Å². The summed E-state index contributed by atoms with van der Waals surface area (Å²) in [6, 6.07) is 1.67. The largest absolute Gasteiger partial charge is 0.314 e. The molecule has 0 aromatic heterocycles. The van der Waals surface area contributed by atoms with Crippen LogP contribution < -0.4 is 5.32 Å². The predicted molar refractivity (Wildman–Crippen MR) is 78.9 cm³/mol. The Balaban J connectivity index is 1.78. The summed E-state index contributed by atoms with van der Waals surface area (Å²) >= 11 is 0. The topological polar surface area (TPSA) is 15.3 Å². The van der Waals surface area contributed by atoms with Gasteiger partial charge in [-0.15, -0.1) is 0 Å². The highest BCUT2D eigenvalue weighted by Gasteiger charge is 2.33. The molecule has 0 spiro atoms. The van der Waals surface area contributed by atoms with E-state index in [0.717, 1.165) is 23.9 Å². The Morgan fingerprint density at radius 1 is 1.06 bits per heavy atom. The molecule has 2 rings (SSSR count). The van der Waals surface area contributed by atoms with E-state index in [1.165, 1.54) is 58.2 Å². The number of piperidine rings is 1. The van der Waals surface area contributed by atoms with Crippen LogP contribution in [0.3, 0.4) is 0 Å². The summed E-state index contributed by atoms with van der Waals surface area (Å²) in [6.45, 7) is 11.0. The van der Waals surface area contributed by atoms with Gasteiger partial charge in [-0.2, -0.15) is 0 Å². The van der Waals surface area contributed by atoms with Crippen LogP contribution in [0.15, 0.2) is 0 Å². The molecule has 0 amide bonds. The molecule has 0 bridgehead atoms. The molecule has 1 saturated carbocycles. The maximum Gasteiger partial charge on any atom is 0.0123 e. The van der Waals surface area contributed by atoms with E-state index in [-0.39, 0.29) is 0 Å². The minimum Gasteiger partial charge on any atom is -0.314 e. The van der Waals surface area contributed by atoms with Gasteiger partial charge in [0.2, 0.25) is 0 Å². The van der Waals surface area contributed by atoms with Gasteiger partial charge in [-0.3, -0.25) is 4.90 Å². The van der Waals surface area contributed by atoms with Crippen molar-refractivity contribution in [2.45, 2.75) is 71.4 Å². The van der Waals surface area contributed by atoms with E-state index in [4.69, 9.17) is 0 Å². The average Bonchev–Trinajstić information content (AvgIpc) is 2.40. The lowest BCUT2D eigenvalue weighted by Crippen LogP contribution is -2.50. The number of likely N-dealkylation sites (tertiary alicyclic amines) is 1. The molecule has 1 aliphatic heterocycles. The second-order valence-corrected chi connectivity index (χ2v) is 6.60. The number of hydrogen-bond donors (Lipinski definition) is 1. The lowest BCUT2D eigenvalue weighted by Gasteiger charge is -2.44. The summed E-state index contributed by atoms with van der Waals surface area (Å²) in [5, 5.41) is 3.69. The first-order valence-electron chi connectivity index (χ1n) is 8.19. The quantitative estimate of drug-likeness (QED) is 0.826. The van der Waals surface area contributed by atoms with Crippen LogP contribution in [-0.2, 0) is 0 Å². The summed E-state index contributed by atoms with van der Waals surface area (Å²) in [5.41, 5.74) is 0. The molecule has 2 fully saturated rings. The molecule has 0 aromatic rings. The molecule has 3 unspecified atom stereocenters. The minimum absolute atomic E-state index is 0.789. The Kier molecular flexibility index (Phi) is 5.50. The summed E-state index contributed by atoms with van der Waals surface area (Å²) in [6.07, 6.45) is 8.32. The van der Waals surface area contributed by atoms with E-state index in [2.05, 4.69) is 31.0 Å². The molecule has 1 aliphatic carbocycles. The van der Waals surface area contributed by atoms with Crippen molar-refractivity contribution in [2.24, 2.45) is 11.8 Å². The van der Waals surface area contributed by atoms with Gasteiger partial charge in [0.05, 0.1) is 0 Å². The average molecular weight is 252 g/mol. The van der Waals surface area contributed by atoms with Crippen molar-refractivity contribution in [3.8, 4) is 0 Å². The third-order valence-corrected chi connectivity index (χ3v) is 5.35. The van der Waals surface area contributed by atoms with Crippen LogP contribution in [0.25, 0.3) is 0 Å². The van der Waals surface area contributed by atoms with Crippen LogP contribution in [0.2, 0.25) is 0 Å². The Labute approximate surface area is 114 Å². The fourth-order valence-electron chi connectivity index (χ4n) is 3.85. The third-order valence-electron chi connectivity index (χ3n) is 5.35. The van der Waals surface area contributed by atoms with Crippen LogP contribution in [0, 0.1) is 11.8 Å². The first-order valence-corrected chi connectivity index (χ1v) is 8.19. The van der Waals surface area contributed by atoms with Crippen molar-refractivity contribution < 1.29 is 0 Å². The van der Waals surface area contributed by atoms with Crippen LogP contribution >= 0.6 is 0 Å². The second-order valence-electron chi connectivity index (χ2n) is 6.60. The molecule has 1 N–H and O–H groups in total. The first-order chi connectivity index (χ1) is 8.72. The van der Waals surface area contributed by atoms with Crippen molar-refractivity contribution in [3.05, 3.63) is 0 Å². The summed E-state index contributed by atoms with van der Waals surface area (Å²) < 4.78 is 0. The monoisotopic (exact) mass is 252 g/mol. The maximum atomic E-state index is 3.69. The van der Waals surface area contributed by atoms with E-state index in [1.54, 1.807) is 0 Å². The number of rotatable bonds is 4. The standard InChI is InChI=1S/C16H32N2/c1-4-10-17-15-8-11-18(12-9-15)16-7-5-6-13(2)14(16)3/h13-17H,4-12H2,1-3H3. The Hall–Kier alpha value is -0.0800. The van der Waals surface area contributed by atoms with Crippen molar-refractivity contribution in [1.82, 2.24) is 10.2 Å². The van der Waals surface area contributed by atoms with Gasteiger partial charge in [-0.1, -0.05) is 33.6 Å². The minimum atomic E-state index is 0.789. The van der Waals surface area contributed by atoms with Crippen molar-refractivity contribution in [2.75, 3.05) is 19.6 Å². The molecule has 0 radical (unpaired) electrons. The van der Waals surface area contributed by atoms with Crippen LogP contribution in [-0.4, -0.2) is 36.6 Å². The first kappa shape index (κ1) is 14.3. The van der Waals surface area contributed by atoms with Gasteiger partial charge < -0.3 is 5.32 Å². The van der Waals surface area contributed by atoms with Gasteiger partial charge in [0.15, 0.2) is 0 Å². The molecule has 2 heteroatoms. The zero-order valence-electron chi connectivity index (χ0n) is 12.6. The summed E-state index contributed by atoms with van der Waals surface area (Å²) in [5.74, 6) is 1.83. The zero-order valence-corrected chi connectivity index (χ0v) is 12.6. The second kappa shape index (κ2) is 6.91. The predicted octanol–water partition coefficient (Wildman–Crippen LogP) is 3.28. The van der Waals surface area contributed by atoms with E-state index in [9.17, 15) is 0 Å². The van der Waals surface area contributed by atoms with E-state index in [0.29, 0.717) is 0 Å².